The summed E-state index contributed by atoms with van der Waals surface area (Å²) >= 11 is 0. The van der Waals surface area contributed by atoms with Gasteiger partial charge < -0.3 is 10.8 Å². The van der Waals surface area contributed by atoms with Gasteiger partial charge in [0.1, 0.15) is 6.04 Å². The number of carboxylic acid groups (broad SMARTS) is 1. The van der Waals surface area contributed by atoms with Crippen molar-refractivity contribution in [2.45, 2.75) is 12.5 Å². The minimum absolute atomic E-state index is 0.675. The number of carboxylic acids is 1. The first-order valence-electron chi connectivity index (χ1n) is 5.78. The highest BCUT2D eigenvalue weighted by Gasteiger charge is 2.17. The van der Waals surface area contributed by atoms with Crippen molar-refractivity contribution in [3.05, 3.63) is 71.3 Å². The Morgan fingerprint density at radius 1 is 1.06 bits per heavy atom. The van der Waals surface area contributed by atoms with Crippen LogP contribution in [0.4, 0.5) is 0 Å². The fourth-order valence-corrected chi connectivity index (χ4v) is 1.95. The van der Waals surface area contributed by atoms with E-state index in [0.29, 0.717) is 12.0 Å². The summed E-state index contributed by atoms with van der Waals surface area (Å²) in [5.41, 5.74) is 8.47. The zero-order valence-corrected chi connectivity index (χ0v) is 9.91. The summed E-state index contributed by atoms with van der Waals surface area (Å²) in [6.07, 6.45) is 0.692. The van der Waals surface area contributed by atoms with E-state index in [1.165, 1.54) is 0 Å². The van der Waals surface area contributed by atoms with E-state index in [1.54, 1.807) is 6.07 Å². The topological polar surface area (TPSA) is 63.3 Å². The van der Waals surface area contributed by atoms with Crippen molar-refractivity contribution >= 4 is 5.97 Å². The molecular formula is C15H15NO2. The lowest BCUT2D eigenvalue weighted by molar-refractivity contribution is -0.138. The number of carbonyl (C=O) groups is 1. The van der Waals surface area contributed by atoms with Gasteiger partial charge in [-0.3, -0.25) is 4.79 Å². The zero-order chi connectivity index (χ0) is 13.0. The van der Waals surface area contributed by atoms with Gasteiger partial charge in [-0.1, -0.05) is 54.6 Å². The van der Waals surface area contributed by atoms with E-state index in [2.05, 4.69) is 0 Å². The Morgan fingerprint density at radius 3 is 2.33 bits per heavy atom. The van der Waals surface area contributed by atoms with Crippen molar-refractivity contribution in [3.63, 3.8) is 0 Å². The minimum Gasteiger partial charge on any atom is -0.480 e. The molecule has 3 N–H and O–H groups in total. The molecule has 0 heterocycles. The SMILES string of the molecule is N[C@H](C(=O)O)c1ccccc1Cc1ccccc1. The second kappa shape index (κ2) is 5.47. The van der Waals surface area contributed by atoms with Crippen molar-refractivity contribution < 1.29 is 9.90 Å². The van der Waals surface area contributed by atoms with Gasteiger partial charge in [0.05, 0.1) is 0 Å². The Balaban J connectivity index is 2.31. The van der Waals surface area contributed by atoms with Crippen LogP contribution in [-0.4, -0.2) is 11.1 Å². The van der Waals surface area contributed by atoms with Crippen LogP contribution in [-0.2, 0) is 11.2 Å². The number of hydrogen-bond donors (Lipinski definition) is 2. The molecule has 1 atom stereocenters. The van der Waals surface area contributed by atoms with Gasteiger partial charge in [-0.2, -0.15) is 0 Å². The molecule has 3 heteroatoms. The normalized spacial score (nSPS) is 12.1. The largest absolute Gasteiger partial charge is 0.480 e. The highest BCUT2D eigenvalue weighted by molar-refractivity contribution is 5.75. The molecule has 2 aromatic carbocycles. The summed E-state index contributed by atoms with van der Waals surface area (Å²) in [6, 6.07) is 16.4. The molecule has 0 aliphatic carbocycles. The first-order chi connectivity index (χ1) is 8.68. The van der Waals surface area contributed by atoms with Crippen molar-refractivity contribution in [3.8, 4) is 0 Å². The molecule has 0 amide bonds. The van der Waals surface area contributed by atoms with Gasteiger partial charge >= 0.3 is 5.97 Å². The van der Waals surface area contributed by atoms with E-state index in [-0.39, 0.29) is 0 Å². The standard InChI is InChI=1S/C15H15NO2/c16-14(15(17)18)13-9-5-4-8-12(13)10-11-6-2-1-3-7-11/h1-9,14H,10,16H2,(H,17,18)/t14-/m0/s1. The molecule has 92 valence electrons. The number of hydrogen-bond acceptors (Lipinski definition) is 2. The minimum atomic E-state index is -1.00. The molecule has 0 aromatic heterocycles. The molecule has 0 spiro atoms. The molecule has 0 saturated heterocycles. The summed E-state index contributed by atoms with van der Waals surface area (Å²) in [7, 11) is 0. The molecule has 18 heavy (non-hydrogen) atoms. The third-order valence-electron chi connectivity index (χ3n) is 2.89. The maximum atomic E-state index is 11.0. The third-order valence-corrected chi connectivity index (χ3v) is 2.89. The number of aliphatic carboxylic acids is 1. The number of benzene rings is 2. The quantitative estimate of drug-likeness (QED) is 0.863. The van der Waals surface area contributed by atoms with Crippen molar-refractivity contribution in [2.24, 2.45) is 5.73 Å². The first-order valence-corrected chi connectivity index (χ1v) is 5.78. The van der Waals surface area contributed by atoms with Crippen LogP contribution in [0.25, 0.3) is 0 Å². The van der Waals surface area contributed by atoms with Crippen molar-refractivity contribution in [2.75, 3.05) is 0 Å². The predicted molar refractivity (Wildman–Crippen MR) is 70.3 cm³/mol. The lowest BCUT2D eigenvalue weighted by atomic mass is 9.95. The lowest BCUT2D eigenvalue weighted by Gasteiger charge is -2.13. The summed E-state index contributed by atoms with van der Waals surface area (Å²) in [5.74, 6) is -1.00. The Hall–Kier alpha value is -2.13. The zero-order valence-electron chi connectivity index (χ0n) is 9.91. The van der Waals surface area contributed by atoms with Crippen LogP contribution in [0.3, 0.4) is 0 Å². The van der Waals surface area contributed by atoms with Crippen LogP contribution in [0.2, 0.25) is 0 Å². The average Bonchev–Trinajstić information content (AvgIpc) is 2.39. The molecule has 0 saturated carbocycles. The molecule has 3 nitrogen and oxygen atoms in total. The van der Waals surface area contributed by atoms with Crippen LogP contribution in [0.15, 0.2) is 54.6 Å². The molecule has 2 aromatic rings. The van der Waals surface area contributed by atoms with Crippen molar-refractivity contribution in [1.82, 2.24) is 0 Å². The van der Waals surface area contributed by atoms with E-state index in [9.17, 15) is 4.79 Å². The Bertz CT molecular complexity index is 537. The van der Waals surface area contributed by atoms with Crippen LogP contribution < -0.4 is 5.73 Å². The third kappa shape index (κ3) is 2.76. The van der Waals surface area contributed by atoms with Gasteiger partial charge in [0.2, 0.25) is 0 Å². The molecule has 0 aliphatic rings. The molecule has 2 rings (SSSR count). The van der Waals surface area contributed by atoms with Crippen molar-refractivity contribution in [1.29, 1.82) is 0 Å². The Labute approximate surface area is 106 Å². The Kier molecular flexibility index (Phi) is 3.75. The summed E-state index contributed by atoms with van der Waals surface area (Å²) < 4.78 is 0. The van der Waals surface area contributed by atoms with Gasteiger partial charge in [-0.25, -0.2) is 0 Å². The number of rotatable bonds is 4. The summed E-state index contributed by atoms with van der Waals surface area (Å²) in [5, 5.41) is 9.00. The van der Waals surface area contributed by atoms with E-state index < -0.39 is 12.0 Å². The molecule has 0 fully saturated rings. The van der Waals surface area contributed by atoms with Gasteiger partial charge in [0.25, 0.3) is 0 Å². The second-order valence-corrected chi connectivity index (χ2v) is 4.18. The highest BCUT2D eigenvalue weighted by atomic mass is 16.4. The highest BCUT2D eigenvalue weighted by Crippen LogP contribution is 2.19. The molecule has 0 aliphatic heterocycles. The van der Waals surface area contributed by atoms with Gasteiger partial charge in [0, 0.05) is 0 Å². The fourth-order valence-electron chi connectivity index (χ4n) is 1.95. The predicted octanol–water partition coefficient (Wildman–Crippen LogP) is 2.36. The van der Waals surface area contributed by atoms with Gasteiger partial charge in [0.15, 0.2) is 0 Å². The van der Waals surface area contributed by atoms with E-state index in [0.717, 1.165) is 11.1 Å². The second-order valence-electron chi connectivity index (χ2n) is 4.18. The van der Waals surface area contributed by atoms with Crippen LogP contribution in [0.1, 0.15) is 22.7 Å². The fraction of sp³-hybridized carbons (Fsp3) is 0.133. The maximum Gasteiger partial charge on any atom is 0.325 e. The average molecular weight is 241 g/mol. The smallest absolute Gasteiger partial charge is 0.325 e. The van der Waals surface area contributed by atoms with E-state index >= 15 is 0 Å². The Morgan fingerprint density at radius 2 is 1.67 bits per heavy atom. The summed E-state index contributed by atoms with van der Waals surface area (Å²) in [4.78, 5) is 11.0. The van der Waals surface area contributed by atoms with E-state index in [4.69, 9.17) is 10.8 Å². The number of nitrogens with two attached hydrogens (primary N) is 1. The van der Waals surface area contributed by atoms with E-state index in [1.807, 2.05) is 48.5 Å². The molecule has 0 bridgehead atoms. The molecular weight excluding hydrogens is 226 g/mol. The lowest BCUT2D eigenvalue weighted by Crippen LogP contribution is -2.22. The summed E-state index contributed by atoms with van der Waals surface area (Å²) in [6.45, 7) is 0. The van der Waals surface area contributed by atoms with Crippen LogP contribution in [0.5, 0.6) is 0 Å². The first kappa shape index (κ1) is 12.3. The van der Waals surface area contributed by atoms with Gasteiger partial charge in [-0.05, 0) is 23.1 Å². The molecule has 0 radical (unpaired) electrons. The van der Waals surface area contributed by atoms with Crippen LogP contribution >= 0.6 is 0 Å². The van der Waals surface area contributed by atoms with Gasteiger partial charge in [-0.15, -0.1) is 0 Å². The maximum absolute atomic E-state index is 11.0. The monoisotopic (exact) mass is 241 g/mol. The molecule has 0 unspecified atom stereocenters. The van der Waals surface area contributed by atoms with Crippen LogP contribution in [0, 0.1) is 0 Å².